The number of methoxy groups -OCH3 is 1. The third kappa shape index (κ3) is 5.79. The highest BCUT2D eigenvalue weighted by Gasteiger charge is 2.05. The first-order chi connectivity index (χ1) is 12.6. The molecule has 0 spiro atoms. The summed E-state index contributed by atoms with van der Waals surface area (Å²) in [5.74, 6) is -0.659. The molecule has 0 unspecified atom stereocenters. The summed E-state index contributed by atoms with van der Waals surface area (Å²) in [6.07, 6.45) is 4.28. The molecule has 0 aliphatic rings. The molecule has 0 atom stereocenters. The highest BCUT2D eigenvalue weighted by atomic mass is 16.5. The number of nitrogens with one attached hydrogen (secondary N) is 2. The highest BCUT2D eigenvalue weighted by Crippen LogP contribution is 2.27. The number of ether oxygens (including phenoxy) is 1. The van der Waals surface area contributed by atoms with E-state index in [-0.39, 0.29) is 12.3 Å². The van der Waals surface area contributed by atoms with Gasteiger partial charge in [0.2, 0.25) is 5.91 Å². The lowest BCUT2D eigenvalue weighted by atomic mass is 10.2. The number of benzene rings is 2. The Morgan fingerprint density at radius 1 is 1.15 bits per heavy atom. The van der Waals surface area contributed by atoms with E-state index in [1.54, 1.807) is 24.3 Å². The Balaban J connectivity index is 1.78. The van der Waals surface area contributed by atoms with Crippen LogP contribution in [-0.4, -0.2) is 36.8 Å². The lowest BCUT2D eigenvalue weighted by Crippen LogP contribution is -2.34. The predicted octanol–water partition coefficient (Wildman–Crippen LogP) is 1.68. The van der Waals surface area contributed by atoms with E-state index in [9.17, 15) is 14.7 Å². The minimum atomic E-state index is -0.495. The van der Waals surface area contributed by atoms with Crippen LogP contribution in [-0.2, 0) is 9.59 Å². The van der Waals surface area contributed by atoms with Crippen LogP contribution in [0.2, 0.25) is 0 Å². The van der Waals surface area contributed by atoms with Crippen molar-refractivity contribution in [3.63, 3.8) is 0 Å². The van der Waals surface area contributed by atoms with Crippen LogP contribution in [0.15, 0.2) is 59.7 Å². The average molecular weight is 353 g/mol. The maximum Gasteiger partial charge on any atom is 0.259 e. The van der Waals surface area contributed by atoms with Crippen molar-refractivity contribution < 1.29 is 19.4 Å². The zero-order valence-corrected chi connectivity index (χ0v) is 14.2. The number of rotatable bonds is 7. The first kappa shape index (κ1) is 18.7. The van der Waals surface area contributed by atoms with Crippen molar-refractivity contribution in [3.8, 4) is 11.5 Å². The third-order valence-electron chi connectivity index (χ3n) is 3.29. The van der Waals surface area contributed by atoms with Gasteiger partial charge in [-0.1, -0.05) is 36.4 Å². The normalized spacial score (nSPS) is 10.8. The van der Waals surface area contributed by atoms with E-state index in [2.05, 4.69) is 15.8 Å². The Labute approximate surface area is 151 Å². The van der Waals surface area contributed by atoms with Gasteiger partial charge in [0.05, 0.1) is 19.9 Å². The van der Waals surface area contributed by atoms with E-state index < -0.39 is 11.8 Å². The average Bonchev–Trinajstić information content (AvgIpc) is 2.67. The number of para-hydroxylation sites is 1. The molecule has 0 saturated heterocycles. The molecule has 0 fully saturated rings. The van der Waals surface area contributed by atoms with Crippen LogP contribution < -0.4 is 15.5 Å². The van der Waals surface area contributed by atoms with Crippen LogP contribution in [0.1, 0.15) is 11.1 Å². The number of hydrazone groups is 1. The number of carbonyl (C=O) groups is 2. The second-order valence-corrected chi connectivity index (χ2v) is 5.15. The number of amides is 2. The second-order valence-electron chi connectivity index (χ2n) is 5.15. The van der Waals surface area contributed by atoms with Crippen LogP contribution in [0, 0.1) is 0 Å². The van der Waals surface area contributed by atoms with E-state index in [1.165, 1.54) is 19.4 Å². The molecule has 7 nitrogen and oxygen atoms in total. The van der Waals surface area contributed by atoms with Gasteiger partial charge in [-0.3, -0.25) is 9.59 Å². The standard InChI is InChI=1S/C19H19N3O4/c1-26-16-9-5-8-15(19(16)25)12-21-22-18(24)13-20-17(23)11-10-14-6-3-2-4-7-14/h2-12,25H,13H2,1H3,(H,20,23)(H,22,24)/b11-10+,21-12-. The number of carbonyl (C=O) groups excluding carboxylic acids is 2. The predicted molar refractivity (Wildman–Crippen MR) is 98.9 cm³/mol. The molecule has 2 aromatic carbocycles. The summed E-state index contributed by atoms with van der Waals surface area (Å²) in [6.45, 7) is -0.223. The number of hydrogen-bond acceptors (Lipinski definition) is 5. The van der Waals surface area contributed by atoms with Gasteiger partial charge in [-0.05, 0) is 23.8 Å². The van der Waals surface area contributed by atoms with E-state index in [4.69, 9.17) is 4.74 Å². The van der Waals surface area contributed by atoms with Crippen LogP contribution in [0.4, 0.5) is 0 Å². The van der Waals surface area contributed by atoms with Gasteiger partial charge in [0.1, 0.15) is 0 Å². The van der Waals surface area contributed by atoms with Crippen LogP contribution in [0.3, 0.4) is 0 Å². The monoisotopic (exact) mass is 353 g/mol. The molecule has 0 aliphatic heterocycles. The molecule has 0 saturated carbocycles. The number of phenols is 1. The molecule has 2 rings (SSSR count). The molecule has 0 bridgehead atoms. The molecule has 2 amide bonds. The van der Waals surface area contributed by atoms with Crippen molar-refractivity contribution in [2.24, 2.45) is 5.10 Å². The highest BCUT2D eigenvalue weighted by molar-refractivity contribution is 5.94. The zero-order valence-electron chi connectivity index (χ0n) is 14.2. The summed E-state index contributed by atoms with van der Waals surface area (Å²) in [4.78, 5) is 23.3. The minimum Gasteiger partial charge on any atom is -0.504 e. The van der Waals surface area contributed by atoms with Crippen molar-refractivity contribution in [2.45, 2.75) is 0 Å². The summed E-state index contributed by atoms with van der Waals surface area (Å²) in [7, 11) is 1.44. The molecule has 134 valence electrons. The molecular weight excluding hydrogens is 334 g/mol. The van der Waals surface area contributed by atoms with E-state index in [0.717, 1.165) is 5.56 Å². The van der Waals surface area contributed by atoms with Crippen molar-refractivity contribution >= 4 is 24.1 Å². The Kier molecular flexibility index (Phi) is 6.93. The van der Waals surface area contributed by atoms with Crippen molar-refractivity contribution in [3.05, 3.63) is 65.7 Å². The topological polar surface area (TPSA) is 100 Å². The molecular formula is C19H19N3O4. The molecule has 2 aromatic rings. The SMILES string of the molecule is COc1cccc(/C=N\NC(=O)CNC(=O)/C=C/c2ccccc2)c1O. The largest absolute Gasteiger partial charge is 0.504 e. The number of phenolic OH excluding ortho intramolecular Hbond substituents is 1. The number of nitrogens with zero attached hydrogens (tertiary/aromatic N) is 1. The molecule has 0 aliphatic carbocycles. The quantitative estimate of drug-likeness (QED) is 0.400. The smallest absolute Gasteiger partial charge is 0.259 e. The summed E-state index contributed by atoms with van der Waals surface area (Å²) < 4.78 is 4.98. The summed E-state index contributed by atoms with van der Waals surface area (Å²) in [6, 6.07) is 14.2. The van der Waals surface area contributed by atoms with Crippen molar-refractivity contribution in [2.75, 3.05) is 13.7 Å². The van der Waals surface area contributed by atoms with Gasteiger partial charge in [0, 0.05) is 11.6 Å². The van der Waals surface area contributed by atoms with E-state index >= 15 is 0 Å². The molecule has 3 N–H and O–H groups in total. The Morgan fingerprint density at radius 2 is 1.92 bits per heavy atom. The Hall–Kier alpha value is -3.61. The summed E-state index contributed by atoms with van der Waals surface area (Å²) in [5, 5.41) is 16.1. The Bertz CT molecular complexity index is 817. The lowest BCUT2D eigenvalue weighted by Gasteiger charge is -2.05. The minimum absolute atomic E-state index is 0.0765. The van der Waals surface area contributed by atoms with Crippen molar-refractivity contribution in [1.29, 1.82) is 0 Å². The van der Waals surface area contributed by atoms with Gasteiger partial charge in [-0.2, -0.15) is 5.10 Å². The van der Waals surface area contributed by atoms with E-state index in [0.29, 0.717) is 11.3 Å². The maximum atomic E-state index is 11.7. The molecule has 0 heterocycles. The van der Waals surface area contributed by atoms with Crippen LogP contribution in [0.5, 0.6) is 11.5 Å². The van der Waals surface area contributed by atoms with Gasteiger partial charge in [-0.25, -0.2) is 5.43 Å². The fourth-order valence-corrected chi connectivity index (χ4v) is 1.98. The van der Waals surface area contributed by atoms with Gasteiger partial charge in [-0.15, -0.1) is 0 Å². The lowest BCUT2D eigenvalue weighted by molar-refractivity contribution is -0.123. The fourth-order valence-electron chi connectivity index (χ4n) is 1.98. The molecule has 0 aromatic heterocycles. The summed E-state index contributed by atoms with van der Waals surface area (Å²) >= 11 is 0. The van der Waals surface area contributed by atoms with Crippen LogP contribution in [0.25, 0.3) is 6.08 Å². The van der Waals surface area contributed by atoms with Gasteiger partial charge in [0.15, 0.2) is 11.5 Å². The number of hydrogen-bond donors (Lipinski definition) is 3. The van der Waals surface area contributed by atoms with Gasteiger partial charge >= 0.3 is 0 Å². The van der Waals surface area contributed by atoms with Gasteiger partial charge < -0.3 is 15.2 Å². The second kappa shape index (κ2) is 9.63. The first-order valence-electron chi connectivity index (χ1n) is 7.79. The Morgan fingerprint density at radius 3 is 2.65 bits per heavy atom. The van der Waals surface area contributed by atoms with E-state index in [1.807, 2.05) is 30.3 Å². The van der Waals surface area contributed by atoms with Crippen LogP contribution >= 0.6 is 0 Å². The third-order valence-corrected chi connectivity index (χ3v) is 3.29. The van der Waals surface area contributed by atoms with Crippen molar-refractivity contribution in [1.82, 2.24) is 10.7 Å². The van der Waals surface area contributed by atoms with Gasteiger partial charge in [0.25, 0.3) is 5.91 Å². The number of aromatic hydroxyl groups is 1. The molecule has 0 radical (unpaired) electrons. The first-order valence-corrected chi connectivity index (χ1v) is 7.79. The maximum absolute atomic E-state index is 11.7. The molecule has 7 heteroatoms. The fraction of sp³-hybridized carbons (Fsp3) is 0.105. The summed E-state index contributed by atoms with van der Waals surface area (Å²) in [5.41, 5.74) is 3.54. The molecule has 26 heavy (non-hydrogen) atoms. The zero-order chi connectivity index (χ0) is 18.8.